The number of rotatable bonds is 2. The quantitative estimate of drug-likeness (QED) is 0.714. The smallest absolute Gasteiger partial charge is 0.213 e. The summed E-state index contributed by atoms with van der Waals surface area (Å²) in [6.07, 6.45) is 2.49. The Morgan fingerprint density at radius 2 is 1.69 bits per heavy atom. The molecule has 4 nitrogen and oxygen atoms in total. The minimum atomic E-state index is 0. The summed E-state index contributed by atoms with van der Waals surface area (Å²) in [4.78, 5) is 12.6. The molecule has 0 saturated heterocycles. The van der Waals surface area contributed by atoms with E-state index in [1.165, 1.54) is 16.8 Å². The lowest BCUT2D eigenvalue weighted by Gasteiger charge is -2.29. The molecule has 2 aromatic rings. The highest BCUT2D eigenvalue weighted by molar-refractivity contribution is 5.98. The molecule has 0 fully saturated rings. The van der Waals surface area contributed by atoms with Crippen LogP contribution >= 0.6 is 0 Å². The van der Waals surface area contributed by atoms with E-state index in [1.54, 1.807) is 14.2 Å². The average Bonchev–Trinajstić information content (AvgIpc) is 2.58. The fourth-order valence-electron chi connectivity index (χ4n) is 4.22. The van der Waals surface area contributed by atoms with E-state index in [0.717, 1.165) is 42.1 Å². The Kier molecular flexibility index (Phi) is 4.74. The molecule has 26 heavy (non-hydrogen) atoms. The van der Waals surface area contributed by atoms with Gasteiger partial charge in [-0.25, -0.2) is 0 Å². The van der Waals surface area contributed by atoms with E-state index in [-0.39, 0.29) is 23.6 Å². The Hall–Kier alpha value is -2.07. The Morgan fingerprint density at radius 1 is 1.00 bits per heavy atom. The van der Waals surface area contributed by atoms with Gasteiger partial charge in [-0.1, -0.05) is 13.8 Å². The highest BCUT2D eigenvalue weighted by Crippen LogP contribution is 2.39. The number of pyridine rings is 1. The SMILES string of the molecule is COc1cc2c(cc1OC)-c1ccc3c([n+]1CC2)CC(C)(C)CC3=O.[Cl-]. The second-order valence-electron chi connectivity index (χ2n) is 7.79. The second-order valence-corrected chi connectivity index (χ2v) is 7.79. The van der Waals surface area contributed by atoms with E-state index >= 15 is 0 Å². The van der Waals surface area contributed by atoms with Crippen molar-refractivity contribution in [1.29, 1.82) is 0 Å². The summed E-state index contributed by atoms with van der Waals surface area (Å²) in [6, 6.07) is 8.22. The van der Waals surface area contributed by atoms with Gasteiger partial charge < -0.3 is 21.9 Å². The maximum atomic E-state index is 12.6. The van der Waals surface area contributed by atoms with Crippen molar-refractivity contribution in [3.8, 4) is 22.8 Å². The Labute approximate surface area is 160 Å². The maximum Gasteiger partial charge on any atom is 0.213 e. The molecule has 1 aromatic carbocycles. The summed E-state index contributed by atoms with van der Waals surface area (Å²) >= 11 is 0. The number of halogens is 1. The molecule has 2 heterocycles. The summed E-state index contributed by atoms with van der Waals surface area (Å²) < 4.78 is 13.3. The Bertz CT molecular complexity index is 889. The van der Waals surface area contributed by atoms with E-state index < -0.39 is 0 Å². The van der Waals surface area contributed by atoms with E-state index in [1.807, 2.05) is 6.07 Å². The fourth-order valence-corrected chi connectivity index (χ4v) is 4.22. The molecular weight excluding hydrogens is 350 g/mol. The van der Waals surface area contributed by atoms with E-state index in [0.29, 0.717) is 6.42 Å². The number of methoxy groups -OCH3 is 2. The number of aromatic nitrogens is 1. The first-order valence-corrected chi connectivity index (χ1v) is 8.78. The highest BCUT2D eigenvalue weighted by Gasteiger charge is 2.39. The molecule has 0 unspecified atom stereocenters. The molecule has 1 aliphatic carbocycles. The van der Waals surface area contributed by atoms with Gasteiger partial charge in [0.2, 0.25) is 5.69 Å². The molecule has 0 bridgehead atoms. The number of ketones is 1. The third-order valence-corrected chi connectivity index (χ3v) is 5.41. The van der Waals surface area contributed by atoms with Crippen LogP contribution in [0.4, 0.5) is 0 Å². The molecule has 4 rings (SSSR count). The van der Waals surface area contributed by atoms with Gasteiger partial charge in [-0.05, 0) is 29.2 Å². The molecule has 0 spiro atoms. The van der Waals surface area contributed by atoms with Gasteiger partial charge in [0.15, 0.2) is 29.5 Å². The van der Waals surface area contributed by atoms with Gasteiger partial charge >= 0.3 is 0 Å². The molecular formula is C21H24ClNO3. The monoisotopic (exact) mass is 373 g/mol. The van der Waals surface area contributed by atoms with Gasteiger partial charge in [0, 0.05) is 25.3 Å². The maximum absolute atomic E-state index is 12.6. The van der Waals surface area contributed by atoms with Crippen molar-refractivity contribution in [3.63, 3.8) is 0 Å². The topological polar surface area (TPSA) is 39.4 Å². The standard InChI is InChI=1S/C21H24NO3.ClH/c1-21(2)11-17-14(18(23)12-21)5-6-16-15-10-20(25-4)19(24-3)9-13(15)7-8-22(16)17;/h5-6,9-10H,7-8,11-12H2,1-4H3;1H/q+1;/p-1. The molecule has 138 valence electrons. The van der Waals surface area contributed by atoms with Crippen LogP contribution in [0.1, 0.15) is 41.9 Å². The number of nitrogens with zero attached hydrogens (tertiary/aromatic N) is 1. The Balaban J connectivity index is 0.00000196. The van der Waals surface area contributed by atoms with E-state index in [2.05, 4.69) is 36.6 Å². The molecule has 0 N–H and O–H groups in total. The Morgan fingerprint density at radius 3 is 2.38 bits per heavy atom. The molecule has 5 heteroatoms. The van der Waals surface area contributed by atoms with Gasteiger partial charge in [-0.15, -0.1) is 0 Å². The van der Waals surface area contributed by atoms with Gasteiger partial charge in [-0.3, -0.25) is 4.79 Å². The van der Waals surface area contributed by atoms with Crippen LogP contribution in [0, 0.1) is 5.41 Å². The van der Waals surface area contributed by atoms with Crippen molar-refractivity contribution in [2.45, 2.75) is 39.7 Å². The third kappa shape index (κ3) is 2.86. The van der Waals surface area contributed by atoms with Gasteiger partial charge in [0.1, 0.15) is 0 Å². The van der Waals surface area contributed by atoms with Crippen molar-refractivity contribution in [2.75, 3.05) is 14.2 Å². The van der Waals surface area contributed by atoms with Gasteiger partial charge in [-0.2, -0.15) is 4.57 Å². The van der Waals surface area contributed by atoms with Crippen molar-refractivity contribution >= 4 is 5.78 Å². The molecule has 0 atom stereocenters. The zero-order valence-corrected chi connectivity index (χ0v) is 16.4. The van der Waals surface area contributed by atoms with Crippen LogP contribution < -0.4 is 26.4 Å². The van der Waals surface area contributed by atoms with Crippen LogP contribution in [-0.2, 0) is 19.4 Å². The predicted octanol–water partition coefficient (Wildman–Crippen LogP) is 0.374. The van der Waals surface area contributed by atoms with Crippen LogP contribution in [0.5, 0.6) is 11.5 Å². The first kappa shape index (κ1) is 18.7. The lowest BCUT2D eigenvalue weighted by molar-refractivity contribution is -0.695. The van der Waals surface area contributed by atoms with Crippen LogP contribution in [0.3, 0.4) is 0 Å². The first-order chi connectivity index (χ1) is 11.9. The summed E-state index contributed by atoms with van der Waals surface area (Å²) in [5.41, 5.74) is 5.68. The number of aryl methyl sites for hydroxylation is 1. The average molecular weight is 374 g/mol. The summed E-state index contributed by atoms with van der Waals surface area (Å²) in [5, 5.41) is 0. The first-order valence-electron chi connectivity index (χ1n) is 8.78. The molecule has 0 amide bonds. The number of hydrogen-bond donors (Lipinski definition) is 0. The van der Waals surface area contributed by atoms with E-state index in [9.17, 15) is 4.79 Å². The zero-order valence-electron chi connectivity index (χ0n) is 15.7. The molecule has 1 aromatic heterocycles. The number of fused-ring (bicyclic) bond motifs is 5. The zero-order chi connectivity index (χ0) is 17.8. The number of hydrogen-bond acceptors (Lipinski definition) is 3. The summed E-state index contributed by atoms with van der Waals surface area (Å²) in [5.74, 6) is 1.77. The second kappa shape index (κ2) is 6.58. The number of carbonyl (C=O) groups excluding carboxylic acids is 1. The lowest BCUT2D eigenvalue weighted by Crippen LogP contribution is -3.00. The minimum absolute atomic E-state index is 0. The molecule has 0 radical (unpaired) electrons. The fraction of sp³-hybridized carbons (Fsp3) is 0.429. The van der Waals surface area contributed by atoms with Crippen molar-refractivity contribution in [2.24, 2.45) is 5.41 Å². The largest absolute Gasteiger partial charge is 1.00 e. The van der Waals surface area contributed by atoms with Gasteiger partial charge in [0.05, 0.1) is 25.3 Å². The van der Waals surface area contributed by atoms with Crippen LogP contribution in [0.15, 0.2) is 24.3 Å². The van der Waals surface area contributed by atoms with E-state index in [4.69, 9.17) is 9.47 Å². The van der Waals surface area contributed by atoms with Crippen molar-refractivity contribution in [1.82, 2.24) is 0 Å². The normalized spacial score (nSPS) is 16.7. The molecule has 0 saturated carbocycles. The van der Waals surface area contributed by atoms with Crippen LogP contribution in [0.2, 0.25) is 0 Å². The van der Waals surface area contributed by atoms with Gasteiger partial charge in [0.25, 0.3) is 0 Å². The minimum Gasteiger partial charge on any atom is -1.00 e. The number of carbonyl (C=O) groups is 1. The van der Waals surface area contributed by atoms with Crippen LogP contribution in [-0.4, -0.2) is 20.0 Å². The van der Waals surface area contributed by atoms with Crippen LogP contribution in [0.25, 0.3) is 11.3 Å². The van der Waals surface area contributed by atoms with Crippen molar-refractivity contribution in [3.05, 3.63) is 41.1 Å². The third-order valence-electron chi connectivity index (χ3n) is 5.41. The summed E-state index contributed by atoms with van der Waals surface area (Å²) in [6.45, 7) is 5.25. The molecule has 1 aliphatic heterocycles. The number of Topliss-reactive ketones (excluding diaryl/α,β-unsaturated/α-hetero) is 1. The summed E-state index contributed by atoms with van der Waals surface area (Å²) in [7, 11) is 3.33. The predicted molar refractivity (Wildman–Crippen MR) is 95.3 cm³/mol. The number of ether oxygens (including phenoxy) is 2. The lowest BCUT2D eigenvalue weighted by atomic mass is 9.75. The highest BCUT2D eigenvalue weighted by atomic mass is 35.5. The number of benzene rings is 1. The molecule has 2 aliphatic rings. The van der Waals surface area contributed by atoms with Crippen molar-refractivity contribution < 1.29 is 31.2 Å².